The molecule has 0 radical (unpaired) electrons. The van der Waals surface area contributed by atoms with E-state index in [0.717, 1.165) is 35.5 Å². The van der Waals surface area contributed by atoms with Gasteiger partial charge in [-0.1, -0.05) is 12.1 Å². The van der Waals surface area contributed by atoms with Gasteiger partial charge < -0.3 is 19.7 Å². The highest BCUT2D eigenvalue weighted by atomic mass is 16.5. The Morgan fingerprint density at radius 3 is 2.32 bits per heavy atom. The number of carbonyl (C=O) groups is 1. The van der Waals surface area contributed by atoms with Gasteiger partial charge in [0.25, 0.3) is 0 Å². The molecule has 0 bridgehead atoms. The Hall–Kier alpha value is -3.22. The van der Waals surface area contributed by atoms with Crippen molar-refractivity contribution in [3.63, 3.8) is 0 Å². The third kappa shape index (κ3) is 4.04. The number of carbonyl (C=O) groups excluding carboxylic acids is 1. The summed E-state index contributed by atoms with van der Waals surface area (Å²) in [7, 11) is 4.88. The van der Waals surface area contributed by atoms with E-state index < -0.39 is 0 Å². The Balaban J connectivity index is 1.83. The molecule has 2 heterocycles. The molecule has 7 heteroatoms. The van der Waals surface area contributed by atoms with Gasteiger partial charge in [0.15, 0.2) is 11.5 Å². The fraction of sp³-hybridized carbons (Fsp3) is 0.417. The predicted molar refractivity (Wildman–Crippen MR) is 123 cm³/mol. The summed E-state index contributed by atoms with van der Waals surface area (Å²) in [6.45, 7) is 4.20. The van der Waals surface area contributed by atoms with Gasteiger partial charge in [-0.25, -0.2) is 9.80 Å². The second kappa shape index (κ2) is 8.88. The zero-order valence-corrected chi connectivity index (χ0v) is 18.6. The van der Waals surface area contributed by atoms with Crippen molar-refractivity contribution in [2.75, 3.05) is 39.3 Å². The number of methoxy groups -OCH3 is 2. The molecule has 164 valence electrons. The van der Waals surface area contributed by atoms with Crippen LogP contribution in [0.4, 0.5) is 10.5 Å². The normalized spacial score (nSPS) is 18.2. The summed E-state index contributed by atoms with van der Waals surface area (Å²) in [6.07, 6.45) is 3.13. The predicted octanol–water partition coefficient (Wildman–Crippen LogP) is 3.64. The van der Waals surface area contributed by atoms with Crippen LogP contribution in [0.15, 0.2) is 41.5 Å². The van der Waals surface area contributed by atoms with Crippen LogP contribution >= 0.6 is 0 Å². The van der Waals surface area contributed by atoms with Crippen LogP contribution in [0.2, 0.25) is 0 Å². The molecule has 31 heavy (non-hydrogen) atoms. The van der Waals surface area contributed by atoms with E-state index in [1.54, 1.807) is 21.3 Å². The number of amides is 2. The van der Waals surface area contributed by atoms with Gasteiger partial charge in [0.05, 0.1) is 26.0 Å². The highest BCUT2D eigenvalue weighted by Gasteiger charge is 2.28. The van der Waals surface area contributed by atoms with Gasteiger partial charge >= 0.3 is 6.03 Å². The Morgan fingerprint density at radius 2 is 1.71 bits per heavy atom. The van der Waals surface area contributed by atoms with Gasteiger partial charge in [0.1, 0.15) is 0 Å². The van der Waals surface area contributed by atoms with E-state index in [9.17, 15) is 4.79 Å². The van der Waals surface area contributed by atoms with Crippen molar-refractivity contribution in [3.8, 4) is 11.5 Å². The van der Waals surface area contributed by atoms with Crippen LogP contribution in [0.1, 0.15) is 36.5 Å². The molecule has 4 rings (SSSR count). The number of ether oxygens (including phenoxy) is 2. The lowest BCUT2D eigenvalue weighted by molar-refractivity contribution is 0.184. The Bertz CT molecular complexity index is 981. The van der Waals surface area contributed by atoms with E-state index >= 15 is 0 Å². The first-order valence-corrected chi connectivity index (χ1v) is 10.8. The number of urea groups is 1. The molecular formula is C24H30N4O3. The molecule has 0 aromatic heterocycles. The SMILES string of the molecule is CNC(=O)N1N=C(c2ccc(N3CCCC3)cc2)c2cc(OC)c(OC)cc2C[C@@H]1C. The quantitative estimate of drug-likeness (QED) is 0.817. The minimum absolute atomic E-state index is 0.113. The van der Waals surface area contributed by atoms with Crippen LogP contribution in [0.5, 0.6) is 11.5 Å². The van der Waals surface area contributed by atoms with Crippen molar-refractivity contribution in [1.82, 2.24) is 10.3 Å². The van der Waals surface area contributed by atoms with Crippen molar-refractivity contribution in [3.05, 3.63) is 53.1 Å². The maximum Gasteiger partial charge on any atom is 0.337 e. The topological polar surface area (TPSA) is 66.4 Å². The molecule has 0 spiro atoms. The molecule has 0 aliphatic carbocycles. The summed E-state index contributed by atoms with van der Waals surface area (Å²) >= 11 is 0. The molecule has 2 aliphatic rings. The highest BCUT2D eigenvalue weighted by molar-refractivity contribution is 6.14. The van der Waals surface area contributed by atoms with Crippen LogP contribution < -0.4 is 19.7 Å². The molecule has 1 N–H and O–H groups in total. The number of benzene rings is 2. The van der Waals surface area contributed by atoms with E-state index in [-0.39, 0.29) is 12.1 Å². The summed E-state index contributed by atoms with van der Waals surface area (Å²) in [5.74, 6) is 1.31. The fourth-order valence-electron chi connectivity index (χ4n) is 4.35. The largest absolute Gasteiger partial charge is 0.493 e. The fourth-order valence-corrected chi connectivity index (χ4v) is 4.35. The smallest absolute Gasteiger partial charge is 0.337 e. The van der Waals surface area contributed by atoms with Crippen LogP contribution in [0, 0.1) is 0 Å². The van der Waals surface area contributed by atoms with E-state index in [1.165, 1.54) is 23.5 Å². The summed E-state index contributed by atoms with van der Waals surface area (Å²) in [6, 6.07) is 12.1. The zero-order chi connectivity index (χ0) is 22.0. The van der Waals surface area contributed by atoms with Crippen molar-refractivity contribution in [2.45, 2.75) is 32.2 Å². The summed E-state index contributed by atoms with van der Waals surface area (Å²) in [5, 5.41) is 9.06. The molecule has 2 amide bonds. The molecule has 2 aromatic carbocycles. The van der Waals surface area contributed by atoms with Crippen molar-refractivity contribution in [1.29, 1.82) is 0 Å². The number of nitrogens with one attached hydrogen (secondary N) is 1. The Kier molecular flexibility index (Phi) is 6.02. The van der Waals surface area contributed by atoms with E-state index in [2.05, 4.69) is 34.5 Å². The molecule has 1 fully saturated rings. The minimum Gasteiger partial charge on any atom is -0.493 e. The lowest BCUT2D eigenvalue weighted by atomic mass is 9.94. The first-order chi connectivity index (χ1) is 15.0. The second-order valence-electron chi connectivity index (χ2n) is 8.01. The van der Waals surface area contributed by atoms with Crippen molar-refractivity contribution in [2.24, 2.45) is 5.10 Å². The average molecular weight is 423 g/mol. The molecule has 7 nitrogen and oxygen atoms in total. The van der Waals surface area contributed by atoms with E-state index in [4.69, 9.17) is 14.6 Å². The summed E-state index contributed by atoms with van der Waals surface area (Å²) in [4.78, 5) is 15.0. The van der Waals surface area contributed by atoms with Gasteiger partial charge in [-0.3, -0.25) is 0 Å². The van der Waals surface area contributed by atoms with Gasteiger partial charge in [-0.2, -0.15) is 5.10 Å². The number of hydrogen-bond donors (Lipinski definition) is 1. The average Bonchev–Trinajstić information content (AvgIpc) is 3.30. The van der Waals surface area contributed by atoms with Crippen molar-refractivity contribution < 1.29 is 14.3 Å². The standard InChI is InChI=1S/C24H30N4O3/c1-16-13-18-14-21(30-3)22(31-4)15-20(18)23(26-28(16)24(29)25-2)17-7-9-19(10-8-17)27-11-5-6-12-27/h7-10,14-16H,5-6,11-13H2,1-4H3,(H,25,29)/t16-/m0/s1. The third-order valence-electron chi connectivity index (χ3n) is 6.04. The third-order valence-corrected chi connectivity index (χ3v) is 6.04. The number of hydrogen-bond acceptors (Lipinski definition) is 5. The highest BCUT2D eigenvalue weighted by Crippen LogP contribution is 2.35. The number of rotatable bonds is 4. The molecular weight excluding hydrogens is 392 g/mol. The van der Waals surface area contributed by atoms with Crippen LogP contribution in [-0.4, -0.2) is 57.2 Å². The van der Waals surface area contributed by atoms with E-state index in [0.29, 0.717) is 17.9 Å². The van der Waals surface area contributed by atoms with Gasteiger partial charge in [-0.15, -0.1) is 0 Å². The monoisotopic (exact) mass is 422 g/mol. The Morgan fingerprint density at radius 1 is 1.06 bits per heavy atom. The maximum atomic E-state index is 12.6. The first kappa shape index (κ1) is 21.0. The van der Waals surface area contributed by atoms with Crippen molar-refractivity contribution >= 4 is 17.4 Å². The van der Waals surface area contributed by atoms with Gasteiger partial charge in [0, 0.05) is 37.0 Å². The van der Waals surface area contributed by atoms with Gasteiger partial charge in [0.2, 0.25) is 0 Å². The van der Waals surface area contributed by atoms with Gasteiger partial charge in [-0.05, 0) is 56.0 Å². The lowest BCUT2D eigenvalue weighted by Crippen LogP contribution is -2.41. The molecule has 2 aliphatic heterocycles. The van der Waals surface area contributed by atoms with E-state index in [1.807, 2.05) is 19.1 Å². The minimum atomic E-state index is -0.231. The van der Waals surface area contributed by atoms with Crippen LogP contribution in [0.3, 0.4) is 0 Å². The molecule has 1 saturated heterocycles. The summed E-state index contributed by atoms with van der Waals surface area (Å²) in [5.41, 5.74) is 4.94. The molecule has 2 aromatic rings. The number of nitrogens with zero attached hydrogens (tertiary/aromatic N) is 3. The zero-order valence-electron chi connectivity index (χ0n) is 18.6. The Labute approximate surface area is 183 Å². The second-order valence-corrected chi connectivity index (χ2v) is 8.01. The molecule has 0 saturated carbocycles. The summed E-state index contributed by atoms with van der Waals surface area (Å²) < 4.78 is 11.1. The number of anilines is 1. The van der Waals surface area contributed by atoms with Crippen LogP contribution in [0.25, 0.3) is 0 Å². The number of hydrazone groups is 1. The first-order valence-electron chi connectivity index (χ1n) is 10.8. The molecule has 0 unspecified atom stereocenters. The molecule has 1 atom stereocenters. The number of fused-ring (bicyclic) bond motifs is 1. The van der Waals surface area contributed by atoms with Crippen LogP contribution in [-0.2, 0) is 6.42 Å². The maximum absolute atomic E-state index is 12.6. The lowest BCUT2D eigenvalue weighted by Gasteiger charge is -2.22.